The Kier molecular flexibility index (Phi) is 34.4. The van der Waals surface area contributed by atoms with Crippen LogP contribution in [0.5, 0.6) is 17.2 Å². The zero-order chi connectivity index (χ0) is 59.1. The minimum atomic E-state index is -1.97. The van der Waals surface area contributed by atoms with Gasteiger partial charge in [0, 0.05) is 5.88 Å². The molecule has 9 aromatic carbocycles. The third kappa shape index (κ3) is 23.0. The van der Waals surface area contributed by atoms with Crippen LogP contribution in [0.4, 0.5) is 0 Å². The normalized spacial score (nSPS) is 10.1. The van der Waals surface area contributed by atoms with Crippen LogP contribution >= 0.6 is 50.8 Å². The lowest BCUT2D eigenvalue weighted by molar-refractivity contribution is -0.146. The number of carbonyl (C=O) groups excluding carboxylic acids is 3. The lowest BCUT2D eigenvalue weighted by atomic mass is 10.1. The fraction of sp³-hybridized carbons (Fsp3) is 0.208. The first-order chi connectivity index (χ1) is 40.5. The van der Waals surface area contributed by atoms with Gasteiger partial charge in [-0.3, -0.25) is 0 Å². The van der Waals surface area contributed by atoms with Crippen molar-refractivity contribution in [2.45, 2.75) is 61.0 Å². The summed E-state index contributed by atoms with van der Waals surface area (Å²) in [6.45, 7) is 12.1. The number of carbonyl (C=O) groups is 3. The van der Waals surface area contributed by atoms with Crippen LogP contribution in [-0.2, 0) is 40.6 Å². The van der Waals surface area contributed by atoms with Crippen molar-refractivity contribution < 1.29 is 55.2 Å². The molecule has 0 aliphatic rings. The SMILES string of the molecule is C.CCOC(=O)COc1ccc(CCl)cc1C.CCOC(=O)COc1ccc(C[P+](c2ccccc2)(c2ccccc2)c2ccccc2)cc1C.CCOC(=O)COc1ccccc1C.I.[Cl-].c1ccc(P(c2ccccc2)c2ccccc2)cc1. The molecule has 9 nitrogen and oxygen atoms in total. The van der Waals surface area contributed by atoms with Crippen LogP contribution in [0, 0.1) is 20.8 Å². The number of hydrogen-bond acceptors (Lipinski definition) is 9. The largest absolute Gasteiger partial charge is 1.00 e. The number of rotatable bonds is 21. The van der Waals surface area contributed by atoms with Gasteiger partial charge in [0.25, 0.3) is 0 Å². The molecule has 0 spiro atoms. The van der Waals surface area contributed by atoms with Crippen molar-refractivity contribution in [3.8, 4) is 17.2 Å². The van der Waals surface area contributed by atoms with Crippen molar-refractivity contribution in [3.05, 3.63) is 270 Å². The first kappa shape index (κ1) is 73.2. The standard InChI is InChI=1S/C30H30O3P.C18H15P.C12H15ClO3.C11H14O3.CH4.ClH.HI/c1-3-32-30(31)22-33-29-20-19-25(21-24(29)2)23-34(26-13-7-4-8-14-26,27-15-9-5-10-16-27)28-17-11-6-12-18-28;1-4-10-16(11-5-1)19(17-12-6-2-7-13-17)18-14-8-3-9-15-18;1-3-15-12(14)8-16-11-5-4-10(7-13)6-9(11)2;1-3-13-11(12)8-14-10-7-5-4-6-9(10)2;;;/h4-21H,3,22-23H2,1-2H3;1-15H;4-6H,3,7-8H2,1-2H3;4-7H,3,8H2,1-2H3;1H4;2*1H/q+1;;;;;;/p-1. The summed E-state index contributed by atoms with van der Waals surface area (Å²) >= 11 is 5.71. The van der Waals surface area contributed by atoms with Gasteiger partial charge in [0.1, 0.15) is 40.4 Å². The number of aryl methyl sites for hydroxylation is 3. The summed E-state index contributed by atoms with van der Waals surface area (Å²) in [6.07, 6.45) is 0.893. The van der Waals surface area contributed by atoms with E-state index in [9.17, 15) is 14.4 Å². The fourth-order valence-corrected chi connectivity index (χ4v) is 15.6. The molecule has 0 aromatic heterocycles. The summed E-state index contributed by atoms with van der Waals surface area (Å²) < 4.78 is 30.8. The van der Waals surface area contributed by atoms with Crippen molar-refractivity contribution in [1.82, 2.24) is 0 Å². The maximum Gasteiger partial charge on any atom is 0.344 e. The number of para-hydroxylation sites is 1. The second-order valence-corrected chi connectivity index (χ2v) is 24.7. The number of hydrogen-bond donors (Lipinski definition) is 0. The molecule has 0 amide bonds. The van der Waals surface area contributed by atoms with Crippen LogP contribution in [0.1, 0.15) is 56.0 Å². The molecule has 0 aliphatic carbocycles. The smallest absolute Gasteiger partial charge is 0.344 e. The maximum atomic E-state index is 11.7. The highest BCUT2D eigenvalue weighted by molar-refractivity contribution is 14.0. The van der Waals surface area contributed by atoms with Crippen LogP contribution in [-0.4, -0.2) is 57.5 Å². The Morgan fingerprint density at radius 2 is 0.686 bits per heavy atom. The van der Waals surface area contributed by atoms with E-state index in [0.717, 1.165) is 34.2 Å². The molecule has 0 atom stereocenters. The van der Waals surface area contributed by atoms with Gasteiger partial charge < -0.3 is 40.8 Å². The maximum absolute atomic E-state index is 11.7. The van der Waals surface area contributed by atoms with E-state index < -0.39 is 15.2 Å². The third-order valence-electron chi connectivity index (χ3n) is 12.7. The van der Waals surface area contributed by atoms with E-state index in [1.165, 1.54) is 37.4 Å². The summed E-state index contributed by atoms with van der Waals surface area (Å²) in [5.41, 5.74) is 5.25. The second-order valence-electron chi connectivity index (χ2n) is 18.7. The van der Waals surface area contributed by atoms with Crippen LogP contribution in [0.3, 0.4) is 0 Å². The molecular weight excluding hydrogens is 1270 g/mol. The van der Waals surface area contributed by atoms with E-state index in [4.69, 9.17) is 40.0 Å². The third-order valence-corrected chi connectivity index (χ3v) is 19.9. The number of esters is 3. The highest BCUT2D eigenvalue weighted by atomic mass is 127. The van der Waals surface area contributed by atoms with Gasteiger partial charge in [0.15, 0.2) is 19.8 Å². The molecule has 9 aromatic rings. The Balaban J connectivity index is 0.000000319. The zero-order valence-electron chi connectivity index (χ0n) is 49.0. The van der Waals surface area contributed by atoms with Gasteiger partial charge in [0.2, 0.25) is 0 Å². The lowest BCUT2D eigenvalue weighted by Gasteiger charge is -2.28. The van der Waals surface area contributed by atoms with E-state index >= 15 is 0 Å². The molecule has 0 aliphatic heterocycles. The van der Waals surface area contributed by atoms with Crippen LogP contribution < -0.4 is 58.4 Å². The predicted octanol–water partition coefficient (Wildman–Crippen LogP) is 11.7. The Morgan fingerprint density at radius 1 is 0.395 bits per heavy atom. The van der Waals surface area contributed by atoms with Crippen molar-refractivity contribution in [3.63, 3.8) is 0 Å². The van der Waals surface area contributed by atoms with E-state index in [2.05, 4.69) is 194 Å². The molecule has 0 saturated heterocycles. The van der Waals surface area contributed by atoms with Gasteiger partial charge in [-0.15, -0.1) is 35.6 Å². The van der Waals surface area contributed by atoms with Gasteiger partial charge in [-0.25, -0.2) is 14.4 Å². The topological polar surface area (TPSA) is 107 Å². The molecule has 14 heteroatoms. The van der Waals surface area contributed by atoms with Gasteiger partial charge in [0.05, 0.1) is 26.0 Å². The first-order valence-corrected chi connectivity index (χ1v) is 31.5. The minimum Gasteiger partial charge on any atom is -1.00 e. The Bertz CT molecular complexity index is 3160. The molecule has 0 heterocycles. The number of ether oxygens (including phenoxy) is 6. The Labute approximate surface area is 540 Å². The van der Waals surface area contributed by atoms with E-state index in [0.29, 0.717) is 37.2 Å². The molecule has 0 saturated carbocycles. The first-order valence-electron chi connectivity index (χ1n) is 27.7. The molecule has 9 rings (SSSR count). The van der Waals surface area contributed by atoms with Crippen LogP contribution in [0.2, 0.25) is 0 Å². The van der Waals surface area contributed by atoms with Crippen molar-refractivity contribution in [2.75, 3.05) is 39.6 Å². The predicted molar refractivity (Wildman–Crippen MR) is 366 cm³/mol. The average Bonchev–Trinajstić information content (AvgIpc) is 1.06. The van der Waals surface area contributed by atoms with Crippen LogP contribution in [0.25, 0.3) is 0 Å². The monoisotopic (exact) mass is 1350 g/mol. The van der Waals surface area contributed by atoms with Crippen LogP contribution in [0.15, 0.2) is 243 Å². The number of alkyl halides is 1. The Hall–Kier alpha value is -7.04. The van der Waals surface area contributed by atoms with E-state index in [1.807, 2.05) is 69.3 Å². The van der Waals surface area contributed by atoms with Crippen molar-refractivity contribution in [2.24, 2.45) is 0 Å². The summed E-state index contributed by atoms with van der Waals surface area (Å²) in [6, 6.07) is 84.4. The minimum absolute atomic E-state index is 0. The van der Waals surface area contributed by atoms with Crippen molar-refractivity contribution >= 4 is 100 Å². The molecular formula is C72H79Cl2IO9P2. The summed E-state index contributed by atoms with van der Waals surface area (Å²) in [5.74, 6) is 1.54. The molecule has 0 N–H and O–H groups in total. The summed E-state index contributed by atoms with van der Waals surface area (Å²) in [5, 5.41) is 8.26. The molecule has 0 radical (unpaired) electrons. The highest BCUT2D eigenvalue weighted by Gasteiger charge is 2.45. The fourth-order valence-electron chi connectivity index (χ4n) is 8.89. The van der Waals surface area contributed by atoms with E-state index in [1.54, 1.807) is 20.8 Å². The van der Waals surface area contributed by atoms with Crippen molar-refractivity contribution in [1.29, 1.82) is 0 Å². The van der Waals surface area contributed by atoms with Gasteiger partial charge in [-0.1, -0.05) is 189 Å². The highest BCUT2D eigenvalue weighted by Crippen LogP contribution is 2.58. The molecule has 86 heavy (non-hydrogen) atoms. The number of benzene rings is 9. The quantitative estimate of drug-likeness (QED) is 0.0229. The van der Waals surface area contributed by atoms with Gasteiger partial charge in [-0.2, -0.15) is 0 Å². The second kappa shape index (κ2) is 40.4. The van der Waals surface area contributed by atoms with Gasteiger partial charge in [-0.05, 0) is 154 Å². The number of halogens is 3. The molecule has 0 bridgehead atoms. The lowest BCUT2D eigenvalue weighted by Crippen LogP contribution is -3.00. The average molecular weight is 1350 g/mol. The zero-order valence-corrected chi connectivity index (χ0v) is 54.6. The Morgan fingerprint density at radius 3 is 1.00 bits per heavy atom. The summed E-state index contributed by atoms with van der Waals surface area (Å²) in [7, 11) is -2.41. The van der Waals surface area contributed by atoms with Gasteiger partial charge >= 0.3 is 17.9 Å². The van der Waals surface area contributed by atoms with E-state index in [-0.39, 0.29) is 81.5 Å². The molecule has 452 valence electrons. The summed E-state index contributed by atoms with van der Waals surface area (Å²) in [4.78, 5) is 33.8. The molecule has 0 unspecified atom stereocenters. The molecule has 0 fully saturated rings.